The summed E-state index contributed by atoms with van der Waals surface area (Å²) in [5.74, 6) is 0.987. The number of nitrogens with zero attached hydrogens (tertiary/aromatic N) is 1. The van der Waals surface area contributed by atoms with Crippen molar-refractivity contribution < 1.29 is 4.74 Å². The molecule has 1 unspecified atom stereocenters. The van der Waals surface area contributed by atoms with Gasteiger partial charge in [-0.2, -0.15) is 0 Å². The summed E-state index contributed by atoms with van der Waals surface area (Å²) in [6.45, 7) is 9.83. The van der Waals surface area contributed by atoms with E-state index in [9.17, 15) is 0 Å². The largest absolute Gasteiger partial charge is 0.493 e. The van der Waals surface area contributed by atoms with Crippen molar-refractivity contribution in [3.63, 3.8) is 0 Å². The Hall–Kier alpha value is -1.06. The molecular weight excluding hydrogens is 236 g/mol. The first-order valence-corrected chi connectivity index (χ1v) is 6.88. The van der Waals surface area contributed by atoms with Crippen molar-refractivity contribution in [1.82, 2.24) is 4.90 Å². The first-order chi connectivity index (χ1) is 8.80. The highest BCUT2D eigenvalue weighted by Crippen LogP contribution is 2.23. The van der Waals surface area contributed by atoms with Gasteiger partial charge in [-0.25, -0.2) is 0 Å². The number of likely N-dealkylation sites (N-methyl/N-ethyl adjacent to an activating group) is 1. The smallest absolute Gasteiger partial charge is 0.122 e. The molecule has 19 heavy (non-hydrogen) atoms. The monoisotopic (exact) mass is 264 g/mol. The van der Waals surface area contributed by atoms with Crippen molar-refractivity contribution in [2.75, 3.05) is 27.2 Å². The summed E-state index contributed by atoms with van der Waals surface area (Å²) in [5, 5.41) is 0. The zero-order valence-corrected chi connectivity index (χ0v) is 13.2. The lowest BCUT2D eigenvalue weighted by molar-refractivity contribution is 0.139. The van der Waals surface area contributed by atoms with Crippen LogP contribution in [0.5, 0.6) is 5.75 Å². The van der Waals surface area contributed by atoms with Gasteiger partial charge < -0.3 is 15.4 Å². The SMILES string of the molecule is Cc1cc(C)c(OCCC(C)(CN)N(C)C)cc1C. The molecule has 0 fully saturated rings. The van der Waals surface area contributed by atoms with Crippen LogP contribution in [0, 0.1) is 20.8 Å². The fraction of sp³-hybridized carbons (Fsp3) is 0.625. The second-order valence-electron chi connectivity index (χ2n) is 5.90. The third kappa shape index (κ3) is 3.95. The normalized spacial score (nSPS) is 14.5. The van der Waals surface area contributed by atoms with Crippen LogP contribution in [0.1, 0.15) is 30.0 Å². The first kappa shape index (κ1) is 16.0. The molecule has 0 bridgehead atoms. The summed E-state index contributed by atoms with van der Waals surface area (Å²) in [6, 6.07) is 4.30. The Morgan fingerprint density at radius 2 is 1.68 bits per heavy atom. The standard InChI is InChI=1S/C16H28N2O/c1-12-9-14(3)15(10-13(12)2)19-8-7-16(4,11-17)18(5)6/h9-10H,7-8,11,17H2,1-6H3. The summed E-state index contributed by atoms with van der Waals surface area (Å²) in [5.41, 5.74) is 9.64. The quantitative estimate of drug-likeness (QED) is 0.858. The number of rotatable bonds is 6. The molecule has 0 saturated carbocycles. The maximum absolute atomic E-state index is 5.94. The zero-order valence-electron chi connectivity index (χ0n) is 13.2. The minimum absolute atomic E-state index is 0.00630. The molecule has 3 nitrogen and oxygen atoms in total. The van der Waals surface area contributed by atoms with E-state index in [1.165, 1.54) is 16.7 Å². The zero-order chi connectivity index (χ0) is 14.6. The van der Waals surface area contributed by atoms with Crippen molar-refractivity contribution in [3.8, 4) is 5.75 Å². The third-order valence-electron chi connectivity index (χ3n) is 4.21. The van der Waals surface area contributed by atoms with Crippen LogP contribution >= 0.6 is 0 Å². The molecule has 0 aliphatic rings. The van der Waals surface area contributed by atoms with Gasteiger partial charge in [0.05, 0.1) is 6.61 Å². The second kappa shape index (κ2) is 6.40. The van der Waals surface area contributed by atoms with Gasteiger partial charge in [0.1, 0.15) is 5.75 Å². The van der Waals surface area contributed by atoms with Gasteiger partial charge >= 0.3 is 0 Å². The Bertz CT molecular complexity index is 429. The molecule has 0 aliphatic carbocycles. The number of hydrogen-bond acceptors (Lipinski definition) is 3. The Balaban J connectivity index is 2.65. The average Bonchev–Trinajstić information content (AvgIpc) is 2.35. The lowest BCUT2D eigenvalue weighted by atomic mass is 9.97. The van der Waals surface area contributed by atoms with Crippen LogP contribution < -0.4 is 10.5 Å². The first-order valence-electron chi connectivity index (χ1n) is 6.88. The highest BCUT2D eigenvalue weighted by molar-refractivity contribution is 5.40. The van der Waals surface area contributed by atoms with E-state index in [0.717, 1.165) is 12.2 Å². The van der Waals surface area contributed by atoms with Crippen LogP contribution in [0.15, 0.2) is 12.1 Å². The molecule has 0 aliphatic heterocycles. The molecule has 1 rings (SSSR count). The molecular formula is C16H28N2O. The van der Waals surface area contributed by atoms with E-state index in [-0.39, 0.29) is 5.54 Å². The Labute approximate surface area is 117 Å². The predicted molar refractivity (Wildman–Crippen MR) is 81.9 cm³/mol. The van der Waals surface area contributed by atoms with Gasteiger partial charge in [0.2, 0.25) is 0 Å². The minimum atomic E-state index is -0.00630. The molecule has 2 N–H and O–H groups in total. The van der Waals surface area contributed by atoms with Crippen LogP contribution in [0.2, 0.25) is 0 Å². The number of hydrogen-bond donors (Lipinski definition) is 1. The molecule has 1 aromatic carbocycles. The molecule has 0 radical (unpaired) electrons. The van der Waals surface area contributed by atoms with E-state index in [1.807, 2.05) is 0 Å². The molecule has 0 heterocycles. The van der Waals surface area contributed by atoms with E-state index in [1.54, 1.807) is 0 Å². The maximum Gasteiger partial charge on any atom is 0.122 e. The topological polar surface area (TPSA) is 38.5 Å². The van der Waals surface area contributed by atoms with Gasteiger partial charge in [-0.1, -0.05) is 6.07 Å². The van der Waals surface area contributed by atoms with Crippen molar-refractivity contribution in [1.29, 1.82) is 0 Å². The molecule has 0 spiro atoms. The van der Waals surface area contributed by atoms with E-state index in [4.69, 9.17) is 10.5 Å². The number of ether oxygens (including phenoxy) is 1. The van der Waals surface area contributed by atoms with Crippen molar-refractivity contribution in [2.45, 2.75) is 39.7 Å². The van der Waals surface area contributed by atoms with Gasteiger partial charge in [0.25, 0.3) is 0 Å². The summed E-state index contributed by atoms with van der Waals surface area (Å²) < 4.78 is 5.94. The van der Waals surface area contributed by atoms with Gasteiger partial charge in [-0.15, -0.1) is 0 Å². The number of benzene rings is 1. The summed E-state index contributed by atoms with van der Waals surface area (Å²) >= 11 is 0. The molecule has 0 amide bonds. The maximum atomic E-state index is 5.94. The molecule has 1 aromatic rings. The van der Waals surface area contributed by atoms with Gasteiger partial charge in [0.15, 0.2) is 0 Å². The molecule has 1 atom stereocenters. The van der Waals surface area contributed by atoms with E-state index in [2.05, 4.69) is 58.8 Å². The summed E-state index contributed by atoms with van der Waals surface area (Å²) in [7, 11) is 4.13. The van der Waals surface area contributed by atoms with Crippen LogP contribution in [-0.4, -0.2) is 37.7 Å². The van der Waals surface area contributed by atoms with Crippen LogP contribution in [-0.2, 0) is 0 Å². The molecule has 3 heteroatoms. The fourth-order valence-electron chi connectivity index (χ4n) is 1.98. The highest BCUT2D eigenvalue weighted by atomic mass is 16.5. The van der Waals surface area contributed by atoms with Gasteiger partial charge in [0, 0.05) is 18.5 Å². The minimum Gasteiger partial charge on any atom is -0.493 e. The number of nitrogens with two attached hydrogens (primary N) is 1. The Morgan fingerprint density at radius 1 is 1.11 bits per heavy atom. The van der Waals surface area contributed by atoms with Gasteiger partial charge in [-0.3, -0.25) is 0 Å². The van der Waals surface area contributed by atoms with Crippen molar-refractivity contribution in [3.05, 3.63) is 28.8 Å². The highest BCUT2D eigenvalue weighted by Gasteiger charge is 2.24. The molecule has 0 saturated heterocycles. The predicted octanol–water partition coefficient (Wildman–Crippen LogP) is 2.66. The number of aryl methyl sites for hydroxylation is 3. The van der Waals surface area contributed by atoms with Crippen LogP contribution in [0.4, 0.5) is 0 Å². The van der Waals surface area contributed by atoms with E-state index in [0.29, 0.717) is 13.2 Å². The van der Waals surface area contributed by atoms with Crippen molar-refractivity contribution in [2.24, 2.45) is 5.73 Å². The summed E-state index contributed by atoms with van der Waals surface area (Å²) in [6.07, 6.45) is 0.920. The third-order valence-corrected chi connectivity index (χ3v) is 4.21. The summed E-state index contributed by atoms with van der Waals surface area (Å²) in [4.78, 5) is 2.17. The van der Waals surface area contributed by atoms with Crippen molar-refractivity contribution >= 4 is 0 Å². The Kier molecular flexibility index (Phi) is 5.39. The lowest BCUT2D eigenvalue weighted by Gasteiger charge is -2.35. The average molecular weight is 264 g/mol. The lowest BCUT2D eigenvalue weighted by Crippen LogP contribution is -2.48. The van der Waals surface area contributed by atoms with Crippen LogP contribution in [0.3, 0.4) is 0 Å². The van der Waals surface area contributed by atoms with E-state index >= 15 is 0 Å². The molecule has 0 aromatic heterocycles. The Morgan fingerprint density at radius 3 is 2.21 bits per heavy atom. The van der Waals surface area contributed by atoms with E-state index < -0.39 is 0 Å². The second-order valence-corrected chi connectivity index (χ2v) is 5.90. The molecule has 108 valence electrons. The fourth-order valence-corrected chi connectivity index (χ4v) is 1.98. The van der Waals surface area contributed by atoms with Crippen LogP contribution in [0.25, 0.3) is 0 Å². The van der Waals surface area contributed by atoms with Gasteiger partial charge in [-0.05, 0) is 64.5 Å².